The van der Waals surface area contributed by atoms with Crippen LogP contribution in [0.2, 0.25) is 0 Å². The van der Waals surface area contributed by atoms with E-state index < -0.39 is 0 Å². The second-order valence-electron chi connectivity index (χ2n) is 9.11. The minimum atomic E-state index is 0.114. The molecular formula is C28H31N3O2. The average Bonchev–Trinajstić information content (AvgIpc) is 2.84. The van der Waals surface area contributed by atoms with Gasteiger partial charge in [0.25, 0.3) is 0 Å². The van der Waals surface area contributed by atoms with Crippen LogP contribution in [0.1, 0.15) is 30.0 Å². The van der Waals surface area contributed by atoms with Gasteiger partial charge in [-0.05, 0) is 48.2 Å². The summed E-state index contributed by atoms with van der Waals surface area (Å²) in [5.41, 5.74) is 4.46. The van der Waals surface area contributed by atoms with E-state index in [2.05, 4.69) is 58.4 Å². The van der Waals surface area contributed by atoms with Gasteiger partial charge in [-0.15, -0.1) is 0 Å². The fourth-order valence-electron chi connectivity index (χ4n) is 5.46. The molecule has 3 heterocycles. The summed E-state index contributed by atoms with van der Waals surface area (Å²) in [5, 5.41) is 10.2. The molecule has 0 aliphatic carbocycles. The lowest BCUT2D eigenvalue weighted by atomic mass is 9.74. The smallest absolute Gasteiger partial charge is 0.228 e. The number of aromatic nitrogens is 1. The first-order chi connectivity index (χ1) is 16.2. The van der Waals surface area contributed by atoms with E-state index in [0.717, 1.165) is 31.6 Å². The van der Waals surface area contributed by atoms with Crippen LogP contribution >= 0.6 is 0 Å². The number of hydrogen-bond donors (Lipinski definition) is 1. The first kappa shape index (κ1) is 21.8. The maximum absolute atomic E-state index is 13.1. The van der Waals surface area contributed by atoms with Crippen molar-refractivity contribution in [1.29, 1.82) is 0 Å². The van der Waals surface area contributed by atoms with Crippen molar-refractivity contribution in [3.05, 3.63) is 90.3 Å². The standard InChI is InChI=1S/C28H31N3O2/c32-20-26-28(23-13-11-22(12-14-23)21-8-2-1-3-9-21)25-19-30(16-6-7-17-31(25)26)27(33)18-24-10-4-5-15-29-24/h1-5,8-15,25-26,28,32H,6-7,16-20H2/t25-,26+,28-/m0/s1. The molecule has 2 aromatic carbocycles. The fraction of sp³-hybridized carbons (Fsp3) is 0.357. The summed E-state index contributed by atoms with van der Waals surface area (Å²) in [6.45, 7) is 2.62. The molecule has 2 saturated heterocycles. The maximum atomic E-state index is 13.1. The number of aliphatic hydroxyl groups is 1. The molecule has 0 radical (unpaired) electrons. The van der Waals surface area contributed by atoms with Crippen molar-refractivity contribution in [2.45, 2.75) is 37.3 Å². The van der Waals surface area contributed by atoms with Crippen LogP contribution in [-0.2, 0) is 11.2 Å². The molecule has 1 amide bonds. The molecule has 0 unspecified atom stereocenters. The number of pyridine rings is 1. The molecule has 1 aromatic heterocycles. The largest absolute Gasteiger partial charge is 0.395 e. The molecule has 170 valence electrons. The summed E-state index contributed by atoms with van der Waals surface area (Å²) in [5.74, 6) is 0.365. The summed E-state index contributed by atoms with van der Waals surface area (Å²) >= 11 is 0. The van der Waals surface area contributed by atoms with Gasteiger partial charge in [-0.1, -0.05) is 60.7 Å². The van der Waals surface area contributed by atoms with Crippen molar-refractivity contribution in [3.63, 3.8) is 0 Å². The van der Waals surface area contributed by atoms with Gasteiger partial charge in [0.05, 0.1) is 13.0 Å². The lowest BCUT2D eigenvalue weighted by Crippen LogP contribution is -2.68. The third-order valence-corrected chi connectivity index (χ3v) is 7.18. The summed E-state index contributed by atoms with van der Waals surface area (Å²) in [7, 11) is 0. The van der Waals surface area contributed by atoms with E-state index in [-0.39, 0.29) is 30.5 Å². The van der Waals surface area contributed by atoms with E-state index in [1.807, 2.05) is 29.2 Å². The van der Waals surface area contributed by atoms with E-state index >= 15 is 0 Å². The van der Waals surface area contributed by atoms with Crippen molar-refractivity contribution < 1.29 is 9.90 Å². The van der Waals surface area contributed by atoms with Gasteiger partial charge in [0.1, 0.15) is 0 Å². The van der Waals surface area contributed by atoms with Crippen LogP contribution in [0.3, 0.4) is 0 Å². The zero-order valence-corrected chi connectivity index (χ0v) is 18.9. The predicted molar refractivity (Wildman–Crippen MR) is 130 cm³/mol. The lowest BCUT2D eigenvalue weighted by molar-refractivity contribution is -0.135. The molecule has 2 aliphatic rings. The molecule has 2 aliphatic heterocycles. The Bertz CT molecular complexity index is 1060. The molecule has 2 fully saturated rings. The van der Waals surface area contributed by atoms with Crippen LogP contribution in [0.5, 0.6) is 0 Å². The van der Waals surface area contributed by atoms with Crippen molar-refractivity contribution in [1.82, 2.24) is 14.8 Å². The molecule has 0 saturated carbocycles. The molecule has 33 heavy (non-hydrogen) atoms. The van der Waals surface area contributed by atoms with Crippen molar-refractivity contribution in [2.24, 2.45) is 0 Å². The van der Waals surface area contributed by atoms with Gasteiger partial charge in [0, 0.05) is 43.0 Å². The van der Waals surface area contributed by atoms with Crippen LogP contribution in [0.4, 0.5) is 0 Å². The van der Waals surface area contributed by atoms with Crippen LogP contribution in [0, 0.1) is 0 Å². The highest BCUT2D eigenvalue weighted by atomic mass is 16.3. The minimum Gasteiger partial charge on any atom is -0.395 e. The van der Waals surface area contributed by atoms with Crippen LogP contribution < -0.4 is 0 Å². The van der Waals surface area contributed by atoms with Crippen LogP contribution in [0.15, 0.2) is 79.0 Å². The summed E-state index contributed by atoms with van der Waals surface area (Å²) in [6.07, 6.45) is 4.12. The van der Waals surface area contributed by atoms with E-state index in [0.29, 0.717) is 13.0 Å². The van der Waals surface area contributed by atoms with Gasteiger partial charge in [0.15, 0.2) is 0 Å². The Morgan fingerprint density at radius 1 is 0.909 bits per heavy atom. The van der Waals surface area contributed by atoms with Gasteiger partial charge < -0.3 is 10.0 Å². The second-order valence-corrected chi connectivity index (χ2v) is 9.11. The minimum absolute atomic E-state index is 0.114. The summed E-state index contributed by atoms with van der Waals surface area (Å²) < 4.78 is 0. The highest BCUT2D eigenvalue weighted by Crippen LogP contribution is 2.42. The second kappa shape index (κ2) is 9.86. The zero-order chi connectivity index (χ0) is 22.6. The Morgan fingerprint density at radius 3 is 2.36 bits per heavy atom. The molecule has 1 N–H and O–H groups in total. The maximum Gasteiger partial charge on any atom is 0.228 e. The van der Waals surface area contributed by atoms with Gasteiger partial charge in [-0.3, -0.25) is 14.7 Å². The molecule has 0 bridgehead atoms. The zero-order valence-electron chi connectivity index (χ0n) is 18.9. The van der Waals surface area contributed by atoms with E-state index in [4.69, 9.17) is 0 Å². The van der Waals surface area contributed by atoms with E-state index in [1.54, 1.807) is 6.20 Å². The number of benzene rings is 2. The topological polar surface area (TPSA) is 56.7 Å². The molecule has 5 rings (SSSR count). The third kappa shape index (κ3) is 4.56. The van der Waals surface area contributed by atoms with Gasteiger partial charge in [-0.25, -0.2) is 0 Å². The quantitative estimate of drug-likeness (QED) is 0.655. The Morgan fingerprint density at radius 2 is 1.64 bits per heavy atom. The Balaban J connectivity index is 1.35. The van der Waals surface area contributed by atoms with Crippen molar-refractivity contribution in [2.75, 3.05) is 26.2 Å². The third-order valence-electron chi connectivity index (χ3n) is 7.18. The van der Waals surface area contributed by atoms with Gasteiger partial charge >= 0.3 is 0 Å². The van der Waals surface area contributed by atoms with Gasteiger partial charge in [0.2, 0.25) is 5.91 Å². The normalized spacial score (nSPS) is 23.2. The Labute approximate surface area is 195 Å². The monoisotopic (exact) mass is 441 g/mol. The van der Waals surface area contributed by atoms with E-state index in [9.17, 15) is 9.90 Å². The van der Waals surface area contributed by atoms with Crippen molar-refractivity contribution in [3.8, 4) is 11.1 Å². The Kier molecular flexibility index (Phi) is 6.51. The van der Waals surface area contributed by atoms with Crippen LogP contribution in [-0.4, -0.2) is 64.1 Å². The van der Waals surface area contributed by atoms with Crippen LogP contribution in [0.25, 0.3) is 11.1 Å². The molecule has 3 atom stereocenters. The van der Waals surface area contributed by atoms with E-state index in [1.165, 1.54) is 16.7 Å². The summed E-state index contributed by atoms with van der Waals surface area (Å²) in [4.78, 5) is 21.9. The van der Waals surface area contributed by atoms with Crippen molar-refractivity contribution >= 4 is 5.91 Å². The highest BCUT2D eigenvalue weighted by molar-refractivity contribution is 5.78. The molecule has 3 aromatic rings. The first-order valence-corrected chi connectivity index (χ1v) is 11.9. The number of rotatable bonds is 5. The molecule has 5 nitrogen and oxygen atoms in total. The summed E-state index contributed by atoms with van der Waals surface area (Å²) in [6, 6.07) is 25.2. The number of amides is 1. The number of aliphatic hydroxyl groups excluding tert-OH is 1. The SMILES string of the molecule is O=C(Cc1ccccn1)N1CCCCN2[C@H](CO)[C@@H](c3ccc(-c4ccccc4)cc3)[C@@H]2C1. The first-order valence-electron chi connectivity index (χ1n) is 11.9. The van der Waals surface area contributed by atoms with Gasteiger partial charge in [-0.2, -0.15) is 0 Å². The molecular weight excluding hydrogens is 410 g/mol. The number of carbonyl (C=O) groups excluding carboxylic acids is 1. The molecule has 5 heteroatoms. The fourth-order valence-corrected chi connectivity index (χ4v) is 5.46. The highest BCUT2D eigenvalue weighted by Gasteiger charge is 2.49. The lowest BCUT2D eigenvalue weighted by Gasteiger charge is -2.57. The predicted octanol–water partition coefficient (Wildman–Crippen LogP) is 3.74. The number of carbonyl (C=O) groups is 1. The molecule has 0 spiro atoms. The number of nitrogens with zero attached hydrogens (tertiary/aromatic N) is 3. The number of fused-ring (bicyclic) bond motifs is 1. The average molecular weight is 442 g/mol. The Hall–Kier alpha value is -3.02. The number of hydrogen-bond acceptors (Lipinski definition) is 4.